The van der Waals surface area contributed by atoms with Crippen LogP contribution >= 0.6 is 0 Å². The lowest BCUT2D eigenvalue weighted by atomic mass is 9.95. The van der Waals surface area contributed by atoms with Crippen molar-refractivity contribution in [2.45, 2.75) is 32.2 Å². The zero-order chi connectivity index (χ0) is 12.3. The van der Waals surface area contributed by atoms with E-state index in [1.54, 1.807) is 12.1 Å². The molecule has 1 fully saturated rings. The highest BCUT2D eigenvalue weighted by Gasteiger charge is 2.28. The quantitative estimate of drug-likeness (QED) is 0.806. The van der Waals surface area contributed by atoms with Crippen LogP contribution in [0.2, 0.25) is 0 Å². The molecule has 1 aromatic carbocycles. The summed E-state index contributed by atoms with van der Waals surface area (Å²) in [4.78, 5) is 2.21. The molecule has 2 nitrogen and oxygen atoms in total. The Bertz CT molecular complexity index is 376. The van der Waals surface area contributed by atoms with E-state index in [0.717, 1.165) is 38.2 Å². The molecule has 94 valence electrons. The van der Waals surface area contributed by atoms with Gasteiger partial charge in [0.05, 0.1) is 5.69 Å². The summed E-state index contributed by atoms with van der Waals surface area (Å²) in [5, 5.41) is 3.41. The highest BCUT2D eigenvalue weighted by atomic mass is 19.1. The van der Waals surface area contributed by atoms with Crippen molar-refractivity contribution >= 4 is 5.69 Å². The van der Waals surface area contributed by atoms with E-state index in [-0.39, 0.29) is 11.4 Å². The molecule has 1 heterocycles. The van der Waals surface area contributed by atoms with Gasteiger partial charge >= 0.3 is 0 Å². The molecule has 0 unspecified atom stereocenters. The van der Waals surface area contributed by atoms with Crippen molar-refractivity contribution in [2.24, 2.45) is 0 Å². The smallest absolute Gasteiger partial charge is 0.146 e. The maximum Gasteiger partial charge on any atom is 0.146 e. The predicted octanol–water partition coefficient (Wildman–Crippen LogP) is 2.79. The van der Waals surface area contributed by atoms with E-state index in [1.165, 1.54) is 0 Å². The second kappa shape index (κ2) is 5.05. The second-order valence-corrected chi connectivity index (χ2v) is 5.27. The van der Waals surface area contributed by atoms with Crippen LogP contribution in [0.4, 0.5) is 10.1 Å². The molecule has 17 heavy (non-hydrogen) atoms. The molecule has 2 rings (SSSR count). The van der Waals surface area contributed by atoms with Gasteiger partial charge in [-0.3, -0.25) is 0 Å². The van der Waals surface area contributed by atoms with Gasteiger partial charge in [0.25, 0.3) is 0 Å². The Morgan fingerprint density at radius 2 is 2.00 bits per heavy atom. The summed E-state index contributed by atoms with van der Waals surface area (Å²) in [6.45, 7) is 7.29. The molecule has 1 aliphatic rings. The average molecular weight is 236 g/mol. The molecule has 0 bridgehead atoms. The largest absolute Gasteiger partial charge is 0.364 e. The van der Waals surface area contributed by atoms with Crippen LogP contribution < -0.4 is 10.2 Å². The molecule has 0 saturated carbocycles. The highest BCUT2D eigenvalue weighted by Crippen LogP contribution is 2.29. The molecule has 1 saturated heterocycles. The Morgan fingerprint density at radius 1 is 1.24 bits per heavy atom. The van der Waals surface area contributed by atoms with Gasteiger partial charge < -0.3 is 10.2 Å². The summed E-state index contributed by atoms with van der Waals surface area (Å²) in [6.07, 6.45) is 2.08. The van der Waals surface area contributed by atoms with E-state index >= 15 is 0 Å². The molecule has 0 amide bonds. The summed E-state index contributed by atoms with van der Waals surface area (Å²) >= 11 is 0. The fraction of sp³-hybridized carbons (Fsp3) is 0.571. The molecule has 0 aliphatic carbocycles. The van der Waals surface area contributed by atoms with Crippen molar-refractivity contribution in [3.05, 3.63) is 30.1 Å². The number of para-hydroxylation sites is 1. The monoisotopic (exact) mass is 236 g/mol. The van der Waals surface area contributed by atoms with Crippen LogP contribution in [0.15, 0.2) is 24.3 Å². The van der Waals surface area contributed by atoms with Gasteiger partial charge in [-0.05, 0) is 51.9 Å². The Morgan fingerprint density at radius 3 is 2.76 bits per heavy atom. The number of halogens is 1. The lowest BCUT2D eigenvalue weighted by Gasteiger charge is -2.42. The van der Waals surface area contributed by atoms with E-state index in [0.29, 0.717) is 0 Å². The van der Waals surface area contributed by atoms with E-state index in [4.69, 9.17) is 0 Å². The van der Waals surface area contributed by atoms with E-state index in [1.807, 2.05) is 12.1 Å². The minimum Gasteiger partial charge on any atom is -0.364 e. The maximum absolute atomic E-state index is 13.9. The summed E-state index contributed by atoms with van der Waals surface area (Å²) in [5.41, 5.74) is 0.731. The molecule has 1 N–H and O–H groups in total. The second-order valence-electron chi connectivity index (χ2n) is 5.27. The lowest BCUT2D eigenvalue weighted by molar-refractivity contribution is 0.383. The van der Waals surface area contributed by atoms with Crippen molar-refractivity contribution < 1.29 is 4.39 Å². The Balaban J connectivity index is 2.29. The first-order valence-electron chi connectivity index (χ1n) is 6.34. The van der Waals surface area contributed by atoms with Crippen LogP contribution in [0.1, 0.15) is 26.7 Å². The van der Waals surface area contributed by atoms with Gasteiger partial charge in [0.2, 0.25) is 0 Å². The molecular formula is C14H21FN2. The normalized spacial score (nSPS) is 20.8. The third-order valence-electron chi connectivity index (χ3n) is 3.52. The van der Waals surface area contributed by atoms with Crippen LogP contribution in [-0.4, -0.2) is 25.2 Å². The minimum atomic E-state index is -0.117. The molecular weight excluding hydrogens is 215 g/mol. The van der Waals surface area contributed by atoms with Crippen molar-refractivity contribution in [2.75, 3.05) is 24.5 Å². The molecule has 3 heteroatoms. The first-order valence-corrected chi connectivity index (χ1v) is 6.34. The molecule has 1 aromatic rings. The molecule has 0 radical (unpaired) electrons. The number of nitrogens with one attached hydrogen (secondary N) is 1. The fourth-order valence-electron chi connectivity index (χ4n) is 2.44. The Hall–Kier alpha value is -1.09. The minimum absolute atomic E-state index is 0.00435. The van der Waals surface area contributed by atoms with E-state index in [2.05, 4.69) is 24.1 Å². The topological polar surface area (TPSA) is 15.3 Å². The number of anilines is 1. The van der Waals surface area contributed by atoms with Crippen LogP contribution in [-0.2, 0) is 0 Å². The van der Waals surface area contributed by atoms with Crippen LogP contribution in [0.25, 0.3) is 0 Å². The molecule has 0 aromatic heterocycles. The number of rotatable bonds is 1. The number of nitrogens with zero attached hydrogens (tertiary/aromatic N) is 1. The lowest BCUT2D eigenvalue weighted by Crippen LogP contribution is -2.49. The maximum atomic E-state index is 13.9. The standard InChI is InChI=1S/C14H21FN2/c1-14(2)8-10-16-9-5-11-17(14)13-7-4-3-6-12(13)15/h3-4,6-7,16H,5,8-11H2,1-2H3. The first kappa shape index (κ1) is 12.4. The van der Waals surface area contributed by atoms with Gasteiger partial charge in [-0.15, -0.1) is 0 Å². The van der Waals surface area contributed by atoms with E-state index in [9.17, 15) is 4.39 Å². The van der Waals surface area contributed by atoms with Gasteiger partial charge in [-0.25, -0.2) is 4.39 Å². The van der Waals surface area contributed by atoms with Crippen molar-refractivity contribution in [3.63, 3.8) is 0 Å². The first-order chi connectivity index (χ1) is 8.11. The predicted molar refractivity (Wildman–Crippen MR) is 69.9 cm³/mol. The van der Waals surface area contributed by atoms with Crippen LogP contribution in [0.5, 0.6) is 0 Å². The number of benzene rings is 1. The van der Waals surface area contributed by atoms with Crippen LogP contribution in [0, 0.1) is 5.82 Å². The van der Waals surface area contributed by atoms with Gasteiger partial charge in [-0.1, -0.05) is 12.1 Å². The van der Waals surface area contributed by atoms with Crippen LogP contribution in [0.3, 0.4) is 0 Å². The fourth-order valence-corrected chi connectivity index (χ4v) is 2.44. The summed E-state index contributed by atoms with van der Waals surface area (Å²) < 4.78 is 13.9. The van der Waals surface area contributed by atoms with Gasteiger partial charge in [0.15, 0.2) is 0 Å². The van der Waals surface area contributed by atoms with Gasteiger partial charge in [-0.2, -0.15) is 0 Å². The number of hydrogen-bond donors (Lipinski definition) is 1. The summed E-state index contributed by atoms with van der Waals surface area (Å²) in [5.74, 6) is -0.117. The number of hydrogen-bond acceptors (Lipinski definition) is 2. The van der Waals surface area contributed by atoms with E-state index < -0.39 is 0 Å². The third-order valence-corrected chi connectivity index (χ3v) is 3.52. The van der Waals surface area contributed by atoms with Crippen molar-refractivity contribution in [1.29, 1.82) is 0 Å². The zero-order valence-electron chi connectivity index (χ0n) is 10.7. The summed E-state index contributed by atoms with van der Waals surface area (Å²) in [7, 11) is 0. The third kappa shape index (κ3) is 2.78. The highest BCUT2D eigenvalue weighted by molar-refractivity contribution is 5.50. The summed E-state index contributed by atoms with van der Waals surface area (Å²) in [6, 6.07) is 7.08. The average Bonchev–Trinajstić information content (AvgIpc) is 2.27. The van der Waals surface area contributed by atoms with Gasteiger partial charge in [0, 0.05) is 12.1 Å². The van der Waals surface area contributed by atoms with Gasteiger partial charge in [0.1, 0.15) is 5.82 Å². The Labute approximate surface area is 103 Å². The SMILES string of the molecule is CC1(C)CCNCCCN1c1ccccc1F. The zero-order valence-corrected chi connectivity index (χ0v) is 10.7. The molecule has 0 spiro atoms. The Kier molecular flexibility index (Phi) is 3.67. The molecule has 0 atom stereocenters. The van der Waals surface area contributed by atoms with Crippen molar-refractivity contribution in [3.8, 4) is 0 Å². The van der Waals surface area contributed by atoms with Crippen molar-refractivity contribution in [1.82, 2.24) is 5.32 Å². The molecule has 1 aliphatic heterocycles.